The van der Waals surface area contributed by atoms with Crippen molar-refractivity contribution in [2.24, 2.45) is 0 Å². The van der Waals surface area contributed by atoms with Crippen LogP contribution >= 0.6 is 31.9 Å². The van der Waals surface area contributed by atoms with Gasteiger partial charge in [-0.25, -0.2) is 0 Å². The van der Waals surface area contributed by atoms with Crippen LogP contribution in [0, 0.1) is 11.3 Å². The van der Waals surface area contributed by atoms with E-state index in [2.05, 4.69) is 37.2 Å². The highest BCUT2D eigenvalue weighted by Crippen LogP contribution is 2.40. The lowest BCUT2D eigenvalue weighted by Gasteiger charge is -2.15. The third-order valence-electron chi connectivity index (χ3n) is 1.86. The molecule has 0 saturated carbocycles. The summed E-state index contributed by atoms with van der Waals surface area (Å²) in [5, 5.41) is 10.4. The maximum absolute atomic E-state index is 12.8. The number of carbonyl (C=O) groups is 1. The molecule has 0 atom stereocenters. The Bertz CT molecular complexity index is 523. The summed E-state index contributed by atoms with van der Waals surface area (Å²) >= 11 is 5.88. The van der Waals surface area contributed by atoms with Crippen molar-refractivity contribution in [2.75, 3.05) is 5.32 Å². The number of nitrogens with one attached hydrogen (secondary N) is 1. The summed E-state index contributed by atoms with van der Waals surface area (Å²) < 4.78 is 38.7. The minimum atomic E-state index is -4.61. The lowest BCUT2D eigenvalue weighted by Crippen LogP contribution is -2.16. The van der Waals surface area contributed by atoms with E-state index < -0.39 is 29.8 Å². The lowest BCUT2D eigenvalue weighted by molar-refractivity contribution is -0.137. The van der Waals surface area contributed by atoms with Crippen LogP contribution in [-0.2, 0) is 11.0 Å². The van der Waals surface area contributed by atoms with Crippen molar-refractivity contribution in [3.8, 4) is 6.07 Å². The van der Waals surface area contributed by atoms with Crippen LogP contribution in [0.3, 0.4) is 0 Å². The van der Waals surface area contributed by atoms with Gasteiger partial charge in [0.25, 0.3) is 0 Å². The number of halogens is 5. The van der Waals surface area contributed by atoms with Crippen LogP contribution in [0.5, 0.6) is 0 Å². The third-order valence-corrected chi connectivity index (χ3v) is 2.95. The molecule has 0 aromatic heterocycles. The number of nitriles is 1. The molecule has 96 valence electrons. The van der Waals surface area contributed by atoms with E-state index in [1.165, 1.54) is 6.07 Å². The van der Waals surface area contributed by atoms with Gasteiger partial charge in [-0.2, -0.15) is 18.4 Å². The molecule has 0 aliphatic heterocycles. The first kappa shape index (κ1) is 15.0. The standard InChI is InChI=1S/C10H5Br2F3N2O/c11-5-3-6(10(13,14)15)9(7(12)4-5)17-8(18)1-2-16/h3-4H,1H2,(H,17,18). The molecule has 0 aliphatic carbocycles. The molecular weight excluding hydrogens is 381 g/mol. The van der Waals surface area contributed by atoms with E-state index in [1.807, 2.05) is 0 Å². The van der Waals surface area contributed by atoms with E-state index in [-0.39, 0.29) is 8.95 Å². The van der Waals surface area contributed by atoms with E-state index in [4.69, 9.17) is 5.26 Å². The fourth-order valence-electron chi connectivity index (χ4n) is 1.18. The Morgan fingerprint density at radius 2 is 2.00 bits per heavy atom. The predicted octanol–water partition coefficient (Wildman–Crippen LogP) is 4.08. The Kier molecular flexibility index (Phi) is 4.76. The van der Waals surface area contributed by atoms with Crippen LogP contribution in [0.1, 0.15) is 12.0 Å². The molecule has 1 N–H and O–H groups in total. The summed E-state index contributed by atoms with van der Waals surface area (Å²) in [5.41, 5.74) is -1.39. The van der Waals surface area contributed by atoms with E-state index in [0.29, 0.717) is 0 Å². The zero-order valence-corrected chi connectivity index (χ0v) is 11.8. The lowest BCUT2D eigenvalue weighted by atomic mass is 10.1. The van der Waals surface area contributed by atoms with Crippen molar-refractivity contribution in [1.29, 1.82) is 5.26 Å². The largest absolute Gasteiger partial charge is 0.418 e. The Morgan fingerprint density at radius 1 is 1.39 bits per heavy atom. The van der Waals surface area contributed by atoms with E-state index in [1.54, 1.807) is 6.07 Å². The van der Waals surface area contributed by atoms with Gasteiger partial charge in [0.2, 0.25) is 5.91 Å². The molecule has 0 saturated heterocycles. The summed E-state index contributed by atoms with van der Waals surface area (Å²) in [6, 6.07) is 3.79. The number of alkyl halides is 3. The molecule has 18 heavy (non-hydrogen) atoms. The van der Waals surface area contributed by atoms with Gasteiger partial charge < -0.3 is 5.32 Å². The summed E-state index contributed by atoms with van der Waals surface area (Å²) in [6.45, 7) is 0. The van der Waals surface area contributed by atoms with Gasteiger partial charge in [0.15, 0.2) is 0 Å². The van der Waals surface area contributed by atoms with Crippen molar-refractivity contribution in [3.05, 3.63) is 26.6 Å². The maximum Gasteiger partial charge on any atom is 0.418 e. The van der Waals surface area contributed by atoms with Gasteiger partial charge in [-0.3, -0.25) is 4.79 Å². The Hall–Kier alpha value is -1.07. The van der Waals surface area contributed by atoms with Crippen molar-refractivity contribution >= 4 is 43.5 Å². The smallest absolute Gasteiger partial charge is 0.324 e. The molecular formula is C10H5Br2F3N2O. The van der Waals surface area contributed by atoms with Crippen LogP contribution < -0.4 is 5.32 Å². The number of amides is 1. The molecule has 1 rings (SSSR count). The maximum atomic E-state index is 12.8. The van der Waals surface area contributed by atoms with Gasteiger partial charge in [0.05, 0.1) is 17.3 Å². The predicted molar refractivity (Wildman–Crippen MR) is 65.7 cm³/mol. The number of anilines is 1. The fourth-order valence-corrected chi connectivity index (χ4v) is 2.50. The quantitative estimate of drug-likeness (QED) is 0.833. The Balaban J connectivity index is 3.25. The Labute approximate surface area is 117 Å². The molecule has 3 nitrogen and oxygen atoms in total. The van der Waals surface area contributed by atoms with Crippen molar-refractivity contribution in [2.45, 2.75) is 12.6 Å². The van der Waals surface area contributed by atoms with Gasteiger partial charge in [-0.1, -0.05) is 15.9 Å². The number of hydrogen-bond donors (Lipinski definition) is 1. The molecule has 0 spiro atoms. The zero-order chi connectivity index (χ0) is 13.9. The summed E-state index contributed by atoms with van der Waals surface area (Å²) in [7, 11) is 0. The highest BCUT2D eigenvalue weighted by molar-refractivity contribution is 9.11. The number of hydrogen-bond acceptors (Lipinski definition) is 2. The number of benzene rings is 1. The first-order valence-corrected chi connectivity index (χ1v) is 6.07. The molecule has 1 amide bonds. The minimum Gasteiger partial charge on any atom is -0.324 e. The summed E-state index contributed by atoms with van der Waals surface area (Å²) in [5.74, 6) is -0.800. The van der Waals surface area contributed by atoms with Gasteiger partial charge in [0.1, 0.15) is 6.42 Å². The molecule has 0 bridgehead atoms. The molecule has 0 aliphatic rings. The molecule has 0 radical (unpaired) electrons. The summed E-state index contributed by atoms with van der Waals surface area (Å²) in [6.07, 6.45) is -5.12. The molecule has 0 heterocycles. The van der Waals surface area contributed by atoms with Gasteiger partial charge in [-0.05, 0) is 28.1 Å². The fraction of sp³-hybridized carbons (Fsp3) is 0.200. The highest BCUT2D eigenvalue weighted by atomic mass is 79.9. The molecule has 1 aromatic carbocycles. The van der Waals surface area contributed by atoms with E-state index in [9.17, 15) is 18.0 Å². The monoisotopic (exact) mass is 384 g/mol. The van der Waals surface area contributed by atoms with Crippen LogP contribution in [-0.4, -0.2) is 5.91 Å². The highest BCUT2D eigenvalue weighted by Gasteiger charge is 2.35. The van der Waals surface area contributed by atoms with Gasteiger partial charge in [0, 0.05) is 8.95 Å². The first-order chi connectivity index (χ1) is 8.25. The van der Waals surface area contributed by atoms with Crippen LogP contribution in [0.15, 0.2) is 21.1 Å². The van der Waals surface area contributed by atoms with E-state index >= 15 is 0 Å². The van der Waals surface area contributed by atoms with Crippen molar-refractivity contribution < 1.29 is 18.0 Å². The number of nitrogens with zero attached hydrogens (tertiary/aromatic N) is 1. The van der Waals surface area contributed by atoms with Crippen LogP contribution in [0.2, 0.25) is 0 Å². The van der Waals surface area contributed by atoms with Crippen molar-refractivity contribution in [3.63, 3.8) is 0 Å². The molecule has 8 heteroatoms. The normalized spacial score (nSPS) is 10.9. The number of rotatable bonds is 2. The SMILES string of the molecule is N#CCC(=O)Nc1c(Br)cc(Br)cc1C(F)(F)F. The van der Waals surface area contributed by atoms with Crippen molar-refractivity contribution in [1.82, 2.24) is 0 Å². The van der Waals surface area contributed by atoms with E-state index in [0.717, 1.165) is 6.07 Å². The van der Waals surface area contributed by atoms with Crippen LogP contribution in [0.25, 0.3) is 0 Å². The first-order valence-electron chi connectivity index (χ1n) is 4.48. The van der Waals surface area contributed by atoms with Gasteiger partial charge in [-0.15, -0.1) is 0 Å². The topological polar surface area (TPSA) is 52.9 Å². The minimum absolute atomic E-state index is 0.0792. The molecule has 0 unspecified atom stereocenters. The second-order valence-corrected chi connectivity index (χ2v) is 4.96. The zero-order valence-electron chi connectivity index (χ0n) is 8.61. The second kappa shape index (κ2) is 5.71. The molecule has 0 fully saturated rings. The third kappa shape index (κ3) is 3.71. The Morgan fingerprint density at radius 3 is 2.50 bits per heavy atom. The average molecular weight is 386 g/mol. The summed E-state index contributed by atoms with van der Waals surface area (Å²) in [4.78, 5) is 11.2. The van der Waals surface area contributed by atoms with Crippen LogP contribution in [0.4, 0.5) is 18.9 Å². The molecule has 1 aromatic rings. The van der Waals surface area contributed by atoms with Gasteiger partial charge >= 0.3 is 6.18 Å². The second-order valence-electron chi connectivity index (χ2n) is 3.19. The average Bonchev–Trinajstić information content (AvgIpc) is 2.20. The number of carbonyl (C=O) groups excluding carboxylic acids is 1.